The van der Waals surface area contributed by atoms with Gasteiger partial charge in [-0.05, 0) is 24.6 Å². The van der Waals surface area contributed by atoms with Gasteiger partial charge >= 0.3 is 0 Å². The first-order valence-corrected chi connectivity index (χ1v) is 5.58. The van der Waals surface area contributed by atoms with E-state index in [1.54, 1.807) is 0 Å². The Bertz CT molecular complexity index is 241. The molecule has 0 unspecified atom stereocenters. The molecular weight excluding hydrogens is 186 g/mol. The molecule has 0 spiro atoms. The van der Waals surface area contributed by atoms with Crippen molar-refractivity contribution in [3.8, 4) is 0 Å². The summed E-state index contributed by atoms with van der Waals surface area (Å²) in [6.07, 6.45) is 0. The Morgan fingerprint density at radius 1 is 1.07 bits per heavy atom. The number of benzene rings is 1. The molecule has 0 bridgehead atoms. The van der Waals surface area contributed by atoms with Gasteiger partial charge in [0.2, 0.25) is 0 Å². The second-order valence-corrected chi connectivity index (χ2v) is 3.20. The lowest BCUT2D eigenvalue weighted by Gasteiger charge is -2.12. The minimum absolute atomic E-state index is 0.713. The minimum atomic E-state index is 0.713. The molecule has 1 aromatic carbocycles. The highest BCUT2D eigenvalue weighted by Gasteiger charge is 1.95. The zero-order valence-electron chi connectivity index (χ0n) is 10.6. The highest BCUT2D eigenvalue weighted by molar-refractivity contribution is 5.45. The van der Waals surface area contributed by atoms with Gasteiger partial charge in [0.15, 0.2) is 0 Å². The van der Waals surface area contributed by atoms with E-state index in [2.05, 4.69) is 29.2 Å². The van der Waals surface area contributed by atoms with Crippen LogP contribution in [0.25, 0.3) is 0 Å². The predicted octanol–water partition coefficient (Wildman–Crippen LogP) is 3.32. The van der Waals surface area contributed by atoms with Crippen LogP contribution in [0.2, 0.25) is 0 Å². The summed E-state index contributed by atoms with van der Waals surface area (Å²) in [5.41, 5.74) is 2.45. The van der Waals surface area contributed by atoms with E-state index in [-0.39, 0.29) is 0 Å². The molecule has 0 atom stereocenters. The quantitative estimate of drug-likeness (QED) is 0.754. The van der Waals surface area contributed by atoms with E-state index in [0.717, 1.165) is 6.61 Å². The molecule has 86 valence electrons. The van der Waals surface area contributed by atoms with Crippen LogP contribution in [-0.4, -0.2) is 20.7 Å². The molecule has 0 amide bonds. The molecule has 0 aliphatic carbocycles. The normalized spacial score (nSPS) is 9.13. The van der Waals surface area contributed by atoms with Crippen LogP contribution in [0.15, 0.2) is 24.3 Å². The van der Waals surface area contributed by atoms with Gasteiger partial charge < -0.3 is 9.64 Å². The van der Waals surface area contributed by atoms with E-state index in [9.17, 15) is 0 Å². The van der Waals surface area contributed by atoms with Crippen LogP contribution in [0.4, 0.5) is 5.69 Å². The van der Waals surface area contributed by atoms with E-state index in [1.165, 1.54) is 11.3 Å². The van der Waals surface area contributed by atoms with Gasteiger partial charge in [0.05, 0.1) is 6.61 Å². The van der Waals surface area contributed by atoms with Gasteiger partial charge in [-0.1, -0.05) is 26.0 Å². The van der Waals surface area contributed by atoms with Crippen LogP contribution < -0.4 is 4.90 Å². The Labute approximate surface area is 93.9 Å². The summed E-state index contributed by atoms with van der Waals surface area (Å²) in [5, 5.41) is 0. The van der Waals surface area contributed by atoms with E-state index >= 15 is 0 Å². The average Bonchev–Trinajstić information content (AvgIpc) is 2.29. The lowest BCUT2D eigenvalue weighted by atomic mass is 10.2. The molecular formula is C13H23NO. The lowest BCUT2D eigenvalue weighted by molar-refractivity contribution is 0.134. The molecule has 0 aliphatic heterocycles. The number of ether oxygens (including phenoxy) is 1. The summed E-state index contributed by atoms with van der Waals surface area (Å²) in [6.45, 7) is 7.49. The maximum Gasteiger partial charge on any atom is 0.0716 e. The molecule has 0 radical (unpaired) electrons. The highest BCUT2D eigenvalue weighted by atomic mass is 16.5. The van der Waals surface area contributed by atoms with Crippen molar-refractivity contribution in [3.05, 3.63) is 29.8 Å². The molecule has 0 heterocycles. The third kappa shape index (κ3) is 5.43. The zero-order valence-corrected chi connectivity index (χ0v) is 10.6. The Morgan fingerprint density at radius 2 is 1.60 bits per heavy atom. The van der Waals surface area contributed by atoms with Gasteiger partial charge in [-0.2, -0.15) is 0 Å². The number of hydrogen-bond donors (Lipinski definition) is 0. The fourth-order valence-electron chi connectivity index (χ4n) is 1.11. The molecule has 2 nitrogen and oxygen atoms in total. The summed E-state index contributed by atoms with van der Waals surface area (Å²) < 4.78 is 5.31. The van der Waals surface area contributed by atoms with Crippen molar-refractivity contribution < 1.29 is 4.74 Å². The van der Waals surface area contributed by atoms with Gasteiger partial charge in [-0.3, -0.25) is 0 Å². The molecule has 1 rings (SSSR count). The summed E-state index contributed by atoms with van der Waals surface area (Å²) >= 11 is 0. The van der Waals surface area contributed by atoms with Gasteiger partial charge in [0.25, 0.3) is 0 Å². The van der Waals surface area contributed by atoms with Gasteiger partial charge in [-0.15, -0.1) is 0 Å². The number of rotatable bonds is 4. The highest BCUT2D eigenvalue weighted by Crippen LogP contribution is 2.12. The molecule has 0 saturated heterocycles. The largest absolute Gasteiger partial charge is 0.378 e. The number of nitrogens with zero attached hydrogens (tertiary/aromatic N) is 1. The lowest BCUT2D eigenvalue weighted by Crippen LogP contribution is -2.08. The fourth-order valence-corrected chi connectivity index (χ4v) is 1.11. The topological polar surface area (TPSA) is 12.5 Å². The first kappa shape index (κ1) is 14.0. The van der Waals surface area contributed by atoms with Crippen molar-refractivity contribution in [3.63, 3.8) is 0 Å². The molecule has 2 heteroatoms. The molecule has 0 aliphatic rings. The Balaban J connectivity index is 0.000000921. The minimum Gasteiger partial charge on any atom is -0.378 e. The molecule has 1 aromatic rings. The van der Waals surface area contributed by atoms with E-state index in [4.69, 9.17) is 4.74 Å². The van der Waals surface area contributed by atoms with Gasteiger partial charge in [-0.25, -0.2) is 0 Å². The Kier molecular flexibility index (Phi) is 7.74. The summed E-state index contributed by atoms with van der Waals surface area (Å²) in [7, 11) is 4.08. The number of anilines is 1. The standard InChI is InChI=1S/C11H17NO.C2H6/c1-4-13-9-10-5-7-11(8-6-10)12(2)3;1-2/h5-8H,4,9H2,1-3H3;1-2H3. The third-order valence-electron chi connectivity index (χ3n) is 1.93. The van der Waals surface area contributed by atoms with Crippen molar-refractivity contribution in [1.82, 2.24) is 0 Å². The van der Waals surface area contributed by atoms with E-state index in [1.807, 2.05) is 34.9 Å². The predicted molar refractivity (Wildman–Crippen MR) is 67.4 cm³/mol. The molecule has 0 saturated carbocycles. The van der Waals surface area contributed by atoms with Crippen LogP contribution in [-0.2, 0) is 11.3 Å². The van der Waals surface area contributed by atoms with E-state index < -0.39 is 0 Å². The monoisotopic (exact) mass is 209 g/mol. The van der Waals surface area contributed by atoms with Crippen molar-refractivity contribution in [2.75, 3.05) is 25.6 Å². The van der Waals surface area contributed by atoms with E-state index in [0.29, 0.717) is 6.61 Å². The maximum atomic E-state index is 5.31. The van der Waals surface area contributed by atoms with Crippen LogP contribution in [0.1, 0.15) is 26.3 Å². The third-order valence-corrected chi connectivity index (χ3v) is 1.93. The average molecular weight is 209 g/mol. The summed E-state index contributed by atoms with van der Waals surface area (Å²) in [6, 6.07) is 8.42. The first-order chi connectivity index (χ1) is 7.24. The second kappa shape index (κ2) is 8.30. The molecule has 0 N–H and O–H groups in total. The second-order valence-electron chi connectivity index (χ2n) is 3.20. The van der Waals surface area contributed by atoms with Crippen LogP contribution >= 0.6 is 0 Å². The Morgan fingerprint density at radius 3 is 2.00 bits per heavy atom. The van der Waals surface area contributed by atoms with Crippen molar-refractivity contribution >= 4 is 5.69 Å². The SMILES string of the molecule is CC.CCOCc1ccc(N(C)C)cc1. The number of hydrogen-bond acceptors (Lipinski definition) is 2. The Hall–Kier alpha value is -1.02. The zero-order chi connectivity index (χ0) is 11.7. The van der Waals surface area contributed by atoms with Crippen molar-refractivity contribution in [2.45, 2.75) is 27.4 Å². The smallest absolute Gasteiger partial charge is 0.0716 e. The van der Waals surface area contributed by atoms with Crippen LogP contribution in [0.3, 0.4) is 0 Å². The first-order valence-electron chi connectivity index (χ1n) is 5.58. The maximum absolute atomic E-state index is 5.31. The summed E-state index contributed by atoms with van der Waals surface area (Å²) in [4.78, 5) is 2.09. The molecule has 0 aromatic heterocycles. The van der Waals surface area contributed by atoms with Crippen LogP contribution in [0, 0.1) is 0 Å². The van der Waals surface area contributed by atoms with Crippen molar-refractivity contribution in [1.29, 1.82) is 0 Å². The molecule has 0 fully saturated rings. The van der Waals surface area contributed by atoms with Crippen LogP contribution in [0.5, 0.6) is 0 Å². The van der Waals surface area contributed by atoms with Gasteiger partial charge in [0, 0.05) is 26.4 Å². The molecule has 15 heavy (non-hydrogen) atoms. The van der Waals surface area contributed by atoms with Gasteiger partial charge in [0.1, 0.15) is 0 Å². The van der Waals surface area contributed by atoms with Crippen molar-refractivity contribution in [2.24, 2.45) is 0 Å². The fraction of sp³-hybridized carbons (Fsp3) is 0.538. The summed E-state index contributed by atoms with van der Waals surface area (Å²) in [5.74, 6) is 0.